The molecule has 0 aromatic heterocycles. The summed E-state index contributed by atoms with van der Waals surface area (Å²) < 4.78 is 24.4. The minimum absolute atomic E-state index is 0.0596. The first kappa shape index (κ1) is 44.6. The van der Waals surface area contributed by atoms with Crippen LogP contribution < -0.4 is 16.2 Å². The van der Waals surface area contributed by atoms with Gasteiger partial charge in [-0.1, -0.05) is 60.7 Å². The molecule has 0 heterocycles. The summed E-state index contributed by atoms with van der Waals surface area (Å²) in [4.78, 5) is 43.0. The summed E-state index contributed by atoms with van der Waals surface area (Å²) >= 11 is 0. The van der Waals surface area contributed by atoms with Crippen molar-refractivity contribution in [2.45, 2.75) is 58.6 Å². The van der Waals surface area contributed by atoms with E-state index in [2.05, 4.69) is 26.6 Å². The maximum absolute atomic E-state index is 11.6. The monoisotopic (exact) mass is 690 g/mol. The maximum Gasteiger partial charge on any atom is 0.508 e. The number of nitrogens with one attached hydrogen (secondary N) is 1. The molecule has 0 spiro atoms. The van der Waals surface area contributed by atoms with Gasteiger partial charge in [-0.2, -0.15) is 0 Å². The van der Waals surface area contributed by atoms with Crippen LogP contribution in [0.25, 0.3) is 0 Å². The van der Waals surface area contributed by atoms with Gasteiger partial charge in [0, 0.05) is 5.97 Å². The lowest BCUT2D eigenvalue weighted by molar-refractivity contribution is -0.430. The molecule has 46 heavy (non-hydrogen) atoms. The van der Waals surface area contributed by atoms with Crippen molar-refractivity contribution in [3.63, 3.8) is 0 Å². The molecule has 0 aliphatic rings. The summed E-state index contributed by atoms with van der Waals surface area (Å²) in [5.74, 6) is -1.08. The highest BCUT2D eigenvalue weighted by Crippen LogP contribution is 2.10. The smallest absolute Gasteiger partial charge is 0.508 e. The SMILES string of the molecule is CC(=O)[O-].CC(C)(C)OC(=O)NC(CO)COC(=O)OCc1ccccc1.CPP.[NH3+]C(CO)COC(=O)OCc1ccccc1. The predicted octanol–water partition coefficient (Wildman–Crippen LogP) is 2.01. The lowest BCUT2D eigenvalue weighted by Gasteiger charge is -2.22. The van der Waals surface area contributed by atoms with E-state index in [0.717, 1.165) is 26.3 Å². The third kappa shape index (κ3) is 30.5. The van der Waals surface area contributed by atoms with Crippen molar-refractivity contribution < 1.29 is 63.9 Å². The van der Waals surface area contributed by atoms with Gasteiger partial charge in [0.15, 0.2) is 0 Å². The van der Waals surface area contributed by atoms with Gasteiger partial charge in [-0.25, -0.2) is 14.4 Å². The number of aliphatic hydroxyl groups excluding tert-OH is 2. The van der Waals surface area contributed by atoms with E-state index in [-0.39, 0.29) is 39.1 Å². The fourth-order valence-corrected chi connectivity index (χ4v) is 2.54. The van der Waals surface area contributed by atoms with E-state index in [4.69, 9.17) is 38.7 Å². The third-order valence-corrected chi connectivity index (χ3v) is 4.44. The van der Waals surface area contributed by atoms with E-state index >= 15 is 0 Å². The molecule has 2 rings (SSSR count). The number of aliphatic hydroxyl groups is 2. The van der Waals surface area contributed by atoms with Crippen LogP contribution in [-0.2, 0) is 41.7 Å². The molecule has 16 heteroatoms. The van der Waals surface area contributed by atoms with Gasteiger partial charge in [-0.15, -0.1) is 17.2 Å². The number of ether oxygens (including phenoxy) is 5. The van der Waals surface area contributed by atoms with Crippen LogP contribution in [0.4, 0.5) is 14.4 Å². The molecule has 4 atom stereocenters. The van der Waals surface area contributed by atoms with Crippen LogP contribution in [0.5, 0.6) is 0 Å². The standard InChI is InChI=1S/C16H23NO6.C11H15NO4.C2H4O2.CH6P2/c1-16(2,3)23-14(19)17-13(9-18)11-22-15(20)21-10-12-7-5-4-6-8-12;12-10(6-13)8-16-11(14)15-7-9-4-2-1-3-5-9;1-2(3)4;1-3-2/h4-8,13,18H,9-11H2,1-3H3,(H,17,19);1-5,10,13H,6-8,12H2;1H3,(H,3,4);3H,2H2,1H3. The van der Waals surface area contributed by atoms with Gasteiger partial charge in [0.1, 0.15) is 38.1 Å². The van der Waals surface area contributed by atoms with Crippen molar-refractivity contribution in [3.05, 3.63) is 71.8 Å². The predicted molar refractivity (Wildman–Crippen MR) is 174 cm³/mol. The molecule has 260 valence electrons. The highest BCUT2D eigenvalue weighted by atomic mass is 32.0. The molecule has 0 aliphatic carbocycles. The van der Waals surface area contributed by atoms with Crippen LogP contribution in [0.1, 0.15) is 38.8 Å². The first-order chi connectivity index (χ1) is 21.7. The first-order valence-corrected chi connectivity index (χ1v) is 17.2. The number of quaternary nitrogens is 1. The minimum Gasteiger partial charge on any atom is -0.550 e. The first-order valence-electron chi connectivity index (χ1n) is 13.9. The molecule has 0 aliphatic heterocycles. The number of carbonyl (C=O) groups is 4. The number of alkyl carbamates (subject to hydrolysis) is 1. The van der Waals surface area contributed by atoms with Crippen LogP contribution in [-0.4, -0.2) is 85.4 Å². The van der Waals surface area contributed by atoms with Gasteiger partial charge >= 0.3 is 18.4 Å². The van der Waals surface area contributed by atoms with Gasteiger partial charge in [0.2, 0.25) is 0 Å². The van der Waals surface area contributed by atoms with Gasteiger partial charge in [-0.3, -0.25) is 0 Å². The maximum atomic E-state index is 11.6. The molecule has 0 bridgehead atoms. The third-order valence-electron chi connectivity index (χ3n) is 4.44. The Morgan fingerprint density at radius 3 is 1.59 bits per heavy atom. The topological polar surface area (TPSA) is 218 Å². The zero-order valence-electron chi connectivity index (χ0n) is 26.9. The van der Waals surface area contributed by atoms with Crippen LogP contribution in [0.3, 0.4) is 0 Å². The largest absolute Gasteiger partial charge is 0.550 e. The summed E-state index contributed by atoms with van der Waals surface area (Å²) in [6.07, 6.45) is -2.32. The number of aliphatic carboxylic acids is 1. The van der Waals surface area contributed by atoms with Gasteiger partial charge in [-0.05, 0) is 45.5 Å². The highest BCUT2D eigenvalue weighted by molar-refractivity contribution is 8.02. The number of carboxylic acids is 1. The van der Waals surface area contributed by atoms with Crippen molar-refractivity contribution >= 4 is 41.6 Å². The van der Waals surface area contributed by atoms with Crippen molar-refractivity contribution in [2.24, 2.45) is 0 Å². The van der Waals surface area contributed by atoms with E-state index in [1.807, 2.05) is 60.7 Å². The number of hydrogen-bond acceptors (Lipinski definition) is 12. The van der Waals surface area contributed by atoms with Crippen molar-refractivity contribution in [2.75, 3.05) is 33.1 Å². The van der Waals surface area contributed by atoms with Crippen molar-refractivity contribution in [1.29, 1.82) is 0 Å². The van der Waals surface area contributed by atoms with E-state index in [1.165, 1.54) is 0 Å². The van der Waals surface area contributed by atoms with Crippen LogP contribution in [0.2, 0.25) is 0 Å². The molecular weight excluding hydrogens is 642 g/mol. The Morgan fingerprint density at radius 2 is 1.24 bits per heavy atom. The van der Waals surface area contributed by atoms with Gasteiger partial charge < -0.3 is 54.8 Å². The average Bonchev–Trinajstić information content (AvgIpc) is 3.00. The second-order valence-corrected chi connectivity index (χ2v) is 12.3. The Labute approximate surface area is 274 Å². The van der Waals surface area contributed by atoms with Crippen LogP contribution >= 0.6 is 17.2 Å². The second-order valence-electron chi connectivity index (χ2n) is 10.0. The molecule has 0 saturated heterocycles. The molecule has 2 aromatic rings. The molecule has 1 amide bonds. The normalized spacial score (nSPS) is 11.4. The summed E-state index contributed by atoms with van der Waals surface area (Å²) in [5, 5.41) is 29.1. The molecule has 6 N–H and O–H groups in total. The number of amides is 1. The fourth-order valence-electron chi connectivity index (χ4n) is 2.54. The minimum atomic E-state index is -1.08. The zero-order valence-corrected chi connectivity index (χ0v) is 29.1. The summed E-state index contributed by atoms with van der Waals surface area (Å²) in [6, 6.07) is 17.4. The highest BCUT2D eigenvalue weighted by Gasteiger charge is 2.20. The molecule has 0 fully saturated rings. The number of carboxylic acid groups (broad SMARTS) is 1. The van der Waals surface area contributed by atoms with Crippen molar-refractivity contribution in [3.8, 4) is 0 Å². The molecule has 14 nitrogen and oxygen atoms in total. The molecule has 0 saturated carbocycles. The summed E-state index contributed by atoms with van der Waals surface area (Å²) in [5.41, 5.74) is 4.64. The lowest BCUT2D eigenvalue weighted by Crippen LogP contribution is -2.65. The number of carbonyl (C=O) groups excluding carboxylic acids is 4. The fraction of sp³-hybridized carbons (Fsp3) is 0.467. The quantitative estimate of drug-likeness (QED) is 0.151. The second kappa shape index (κ2) is 27.7. The lowest BCUT2D eigenvalue weighted by atomic mass is 10.2. The van der Waals surface area contributed by atoms with Crippen molar-refractivity contribution in [1.82, 2.24) is 5.32 Å². The molecule has 4 unspecified atom stereocenters. The number of hydrogen-bond donors (Lipinski definition) is 4. The van der Waals surface area contributed by atoms with Crippen LogP contribution in [0, 0.1) is 0 Å². The molecular formula is C30H48N2O12P2. The Kier molecular flexibility index (Phi) is 26.9. The van der Waals surface area contributed by atoms with E-state index < -0.39 is 42.6 Å². The Balaban J connectivity index is 0. The van der Waals surface area contributed by atoms with Gasteiger partial charge in [0.25, 0.3) is 0 Å². The average molecular weight is 691 g/mol. The number of benzene rings is 2. The van der Waals surface area contributed by atoms with Crippen LogP contribution in [0.15, 0.2) is 60.7 Å². The Bertz CT molecular complexity index is 1090. The zero-order chi connectivity index (χ0) is 35.4. The van der Waals surface area contributed by atoms with Gasteiger partial charge in [0.05, 0.1) is 19.3 Å². The Morgan fingerprint density at radius 1 is 0.848 bits per heavy atom. The Hall–Kier alpha value is -3.54. The van der Waals surface area contributed by atoms with E-state index in [1.54, 1.807) is 20.8 Å². The number of rotatable bonds is 11. The molecule has 0 radical (unpaired) electrons. The van der Waals surface area contributed by atoms with E-state index in [0.29, 0.717) is 0 Å². The summed E-state index contributed by atoms with van der Waals surface area (Å²) in [7, 11) is 3.61. The summed E-state index contributed by atoms with van der Waals surface area (Å²) in [6.45, 7) is 7.84. The van der Waals surface area contributed by atoms with E-state index in [9.17, 15) is 19.5 Å². The molecule has 2 aromatic carbocycles.